The number of hydrogen-bond donors (Lipinski definition) is 2. The fourth-order valence-electron chi connectivity index (χ4n) is 3.89. The maximum Gasteiger partial charge on any atom is 0.238 e. The van der Waals surface area contributed by atoms with Crippen molar-refractivity contribution in [3.63, 3.8) is 0 Å². The summed E-state index contributed by atoms with van der Waals surface area (Å²) in [6.45, 7) is 7.95. The molecular weight excluding hydrogens is 250 g/mol. The van der Waals surface area contributed by atoms with Gasteiger partial charge in [0.05, 0.1) is 0 Å². The molecule has 0 radical (unpaired) electrons. The molecule has 1 heterocycles. The molecule has 1 saturated carbocycles. The summed E-state index contributed by atoms with van der Waals surface area (Å²) in [5, 5.41) is 3.35. The third kappa shape index (κ3) is 3.73. The lowest BCUT2D eigenvalue weighted by Gasteiger charge is -2.44. The summed E-state index contributed by atoms with van der Waals surface area (Å²) in [5.74, 6) is 1.56. The van der Waals surface area contributed by atoms with Crippen molar-refractivity contribution in [1.82, 2.24) is 10.2 Å². The van der Waals surface area contributed by atoms with Gasteiger partial charge in [-0.25, -0.2) is 0 Å². The van der Waals surface area contributed by atoms with Gasteiger partial charge in [0.1, 0.15) is 5.54 Å². The van der Waals surface area contributed by atoms with Crippen molar-refractivity contribution in [1.29, 1.82) is 0 Å². The van der Waals surface area contributed by atoms with Crippen molar-refractivity contribution in [3.8, 4) is 0 Å². The maximum atomic E-state index is 11.8. The van der Waals surface area contributed by atoms with Crippen molar-refractivity contribution in [3.05, 3.63) is 0 Å². The average Bonchev–Trinajstić information content (AvgIpc) is 2.45. The fourth-order valence-corrected chi connectivity index (χ4v) is 3.89. The third-order valence-electron chi connectivity index (χ3n) is 5.22. The first-order chi connectivity index (χ1) is 9.55. The van der Waals surface area contributed by atoms with Crippen LogP contribution in [-0.4, -0.2) is 42.5 Å². The van der Waals surface area contributed by atoms with Crippen LogP contribution in [0.15, 0.2) is 0 Å². The lowest BCUT2D eigenvalue weighted by Crippen LogP contribution is -2.61. The highest BCUT2D eigenvalue weighted by atomic mass is 16.1. The smallest absolute Gasteiger partial charge is 0.238 e. The van der Waals surface area contributed by atoms with Crippen molar-refractivity contribution in [2.75, 3.05) is 26.2 Å². The Morgan fingerprint density at radius 2 is 2.00 bits per heavy atom. The van der Waals surface area contributed by atoms with Crippen LogP contribution in [0.25, 0.3) is 0 Å². The molecule has 0 spiro atoms. The van der Waals surface area contributed by atoms with E-state index in [2.05, 4.69) is 17.1 Å². The Balaban J connectivity index is 1.92. The first-order valence-electron chi connectivity index (χ1n) is 8.32. The number of primary amides is 1. The van der Waals surface area contributed by atoms with Crippen LogP contribution in [0.5, 0.6) is 0 Å². The molecule has 1 amide bonds. The molecule has 2 aliphatic rings. The van der Waals surface area contributed by atoms with Gasteiger partial charge in [-0.2, -0.15) is 0 Å². The number of piperidine rings is 1. The molecule has 4 heteroatoms. The molecule has 1 aliphatic carbocycles. The van der Waals surface area contributed by atoms with Gasteiger partial charge in [-0.3, -0.25) is 4.79 Å². The molecule has 1 aliphatic heterocycles. The number of amides is 1. The van der Waals surface area contributed by atoms with Crippen LogP contribution in [-0.2, 0) is 4.79 Å². The summed E-state index contributed by atoms with van der Waals surface area (Å²) in [4.78, 5) is 14.3. The number of fused-ring (bicyclic) bond motifs is 1. The van der Waals surface area contributed by atoms with Gasteiger partial charge in [-0.1, -0.05) is 26.2 Å². The van der Waals surface area contributed by atoms with Gasteiger partial charge in [-0.15, -0.1) is 0 Å². The number of nitrogens with one attached hydrogen (secondary N) is 1. The van der Waals surface area contributed by atoms with E-state index in [4.69, 9.17) is 5.73 Å². The molecule has 116 valence electrons. The summed E-state index contributed by atoms with van der Waals surface area (Å²) in [6, 6.07) is 0. The number of carbonyl (C=O) groups excluding carboxylic acids is 1. The lowest BCUT2D eigenvalue weighted by atomic mass is 9.75. The van der Waals surface area contributed by atoms with E-state index >= 15 is 0 Å². The molecule has 2 fully saturated rings. The van der Waals surface area contributed by atoms with Crippen molar-refractivity contribution in [2.24, 2.45) is 17.6 Å². The summed E-state index contributed by atoms with van der Waals surface area (Å²) in [7, 11) is 0. The predicted octanol–water partition coefficient (Wildman–Crippen LogP) is 1.74. The third-order valence-corrected chi connectivity index (χ3v) is 5.22. The molecule has 0 bridgehead atoms. The van der Waals surface area contributed by atoms with E-state index in [1.165, 1.54) is 32.1 Å². The number of nitrogens with zero attached hydrogens (tertiary/aromatic N) is 1. The van der Waals surface area contributed by atoms with Crippen molar-refractivity contribution < 1.29 is 4.79 Å². The van der Waals surface area contributed by atoms with Crippen LogP contribution in [0.3, 0.4) is 0 Å². The summed E-state index contributed by atoms with van der Waals surface area (Å²) < 4.78 is 0. The number of nitrogens with two attached hydrogens (primary N) is 1. The number of hydrogen-bond acceptors (Lipinski definition) is 3. The second kappa shape index (κ2) is 6.90. The Morgan fingerprint density at radius 3 is 2.65 bits per heavy atom. The second-order valence-electron chi connectivity index (χ2n) is 6.95. The standard InChI is InChI=1S/C16H31N3O/c1-3-9-18-16(2,15(17)20)12-19-10-8-13-6-4-5-7-14(13)11-19/h13-14,18H,3-12H2,1-2H3,(H2,17,20). The Hall–Kier alpha value is -0.610. The Labute approximate surface area is 123 Å². The Kier molecular flexibility index (Phi) is 5.44. The monoisotopic (exact) mass is 281 g/mol. The minimum absolute atomic E-state index is 0.225. The summed E-state index contributed by atoms with van der Waals surface area (Å²) in [5.41, 5.74) is 5.05. The van der Waals surface area contributed by atoms with Crippen molar-refractivity contribution >= 4 is 5.91 Å². The largest absolute Gasteiger partial charge is 0.368 e. The number of carbonyl (C=O) groups is 1. The topological polar surface area (TPSA) is 58.4 Å². The molecule has 3 atom stereocenters. The van der Waals surface area contributed by atoms with E-state index in [1.807, 2.05) is 6.92 Å². The Morgan fingerprint density at radius 1 is 1.30 bits per heavy atom. The molecule has 2 rings (SSSR count). The van der Waals surface area contributed by atoms with Gasteiger partial charge >= 0.3 is 0 Å². The zero-order chi connectivity index (χ0) is 14.6. The molecule has 0 aromatic rings. The minimum atomic E-state index is -0.586. The zero-order valence-electron chi connectivity index (χ0n) is 13.2. The highest BCUT2D eigenvalue weighted by molar-refractivity contribution is 5.84. The molecule has 20 heavy (non-hydrogen) atoms. The zero-order valence-corrected chi connectivity index (χ0v) is 13.2. The fraction of sp³-hybridized carbons (Fsp3) is 0.938. The molecular formula is C16H31N3O. The van der Waals surface area contributed by atoms with Crippen LogP contribution in [0.1, 0.15) is 52.4 Å². The molecule has 3 unspecified atom stereocenters. The van der Waals surface area contributed by atoms with E-state index in [1.54, 1.807) is 0 Å². The molecule has 4 nitrogen and oxygen atoms in total. The van der Waals surface area contributed by atoms with Gasteiger partial charge in [0, 0.05) is 13.1 Å². The molecule has 1 saturated heterocycles. The molecule has 3 N–H and O–H groups in total. The van der Waals surface area contributed by atoms with E-state index in [-0.39, 0.29) is 5.91 Å². The van der Waals surface area contributed by atoms with Crippen molar-refractivity contribution in [2.45, 2.75) is 57.9 Å². The maximum absolute atomic E-state index is 11.8. The van der Waals surface area contributed by atoms with Gasteiger partial charge in [0.2, 0.25) is 5.91 Å². The van der Waals surface area contributed by atoms with Crippen LogP contribution in [0.2, 0.25) is 0 Å². The van der Waals surface area contributed by atoms with Crippen LogP contribution >= 0.6 is 0 Å². The first-order valence-corrected chi connectivity index (χ1v) is 8.32. The normalized spacial score (nSPS) is 30.5. The second-order valence-corrected chi connectivity index (χ2v) is 6.95. The van der Waals surface area contributed by atoms with Gasteiger partial charge in [0.15, 0.2) is 0 Å². The van der Waals surface area contributed by atoms with Gasteiger partial charge in [0.25, 0.3) is 0 Å². The average molecular weight is 281 g/mol. The van der Waals surface area contributed by atoms with Crippen LogP contribution in [0, 0.1) is 11.8 Å². The minimum Gasteiger partial charge on any atom is -0.368 e. The van der Waals surface area contributed by atoms with E-state index in [0.717, 1.165) is 44.4 Å². The highest BCUT2D eigenvalue weighted by Crippen LogP contribution is 2.36. The van der Waals surface area contributed by atoms with E-state index in [0.29, 0.717) is 0 Å². The lowest BCUT2D eigenvalue weighted by molar-refractivity contribution is -0.125. The van der Waals surface area contributed by atoms with Gasteiger partial charge in [-0.05, 0) is 51.1 Å². The van der Waals surface area contributed by atoms with Gasteiger partial charge < -0.3 is 16.0 Å². The SMILES string of the molecule is CCCNC(C)(CN1CCC2CCCCC2C1)C(N)=O. The number of likely N-dealkylation sites (tertiary alicyclic amines) is 1. The molecule has 0 aromatic heterocycles. The molecule has 0 aromatic carbocycles. The quantitative estimate of drug-likeness (QED) is 0.780. The first kappa shape index (κ1) is 15.8. The van der Waals surface area contributed by atoms with Crippen LogP contribution in [0.4, 0.5) is 0 Å². The van der Waals surface area contributed by atoms with Crippen LogP contribution < -0.4 is 11.1 Å². The Bertz CT molecular complexity index is 334. The summed E-state index contributed by atoms with van der Waals surface area (Å²) >= 11 is 0. The highest BCUT2D eigenvalue weighted by Gasteiger charge is 2.37. The van der Waals surface area contributed by atoms with E-state index in [9.17, 15) is 4.79 Å². The predicted molar refractivity (Wildman–Crippen MR) is 82.4 cm³/mol. The summed E-state index contributed by atoms with van der Waals surface area (Å²) in [6.07, 6.45) is 7.91. The van der Waals surface area contributed by atoms with E-state index < -0.39 is 5.54 Å². The number of rotatable bonds is 6.